The Kier molecular flexibility index (Phi) is 6.61. The van der Waals surface area contributed by atoms with E-state index in [1.54, 1.807) is 11.0 Å². The summed E-state index contributed by atoms with van der Waals surface area (Å²) < 4.78 is 0. The first-order valence-corrected chi connectivity index (χ1v) is 12.4. The number of phenolic OH excluding ortho intramolecular Hbond substituents is 2. The Morgan fingerprint density at radius 2 is 1.78 bits per heavy atom. The molecular weight excluding hydrogens is 496 g/mol. The minimum atomic E-state index is -0.400. The minimum Gasteiger partial charge on any atom is -0.508 e. The van der Waals surface area contributed by atoms with Crippen molar-refractivity contribution < 1.29 is 20.1 Å². The molecule has 0 aliphatic rings. The van der Waals surface area contributed by atoms with Gasteiger partial charge in [0.25, 0.3) is 5.91 Å². The number of aliphatic hydroxyl groups is 1. The van der Waals surface area contributed by atoms with Crippen molar-refractivity contribution in [2.75, 3.05) is 4.90 Å². The number of fused-ring (bicyclic) bond motifs is 1. The van der Waals surface area contributed by atoms with Gasteiger partial charge in [0.2, 0.25) is 0 Å². The Balaban J connectivity index is 1.53. The SMILES string of the molecule is O=C(c1ccc(O)cc1O)N(Cc1ccsc1)c1ccc(-c2nc3ccc(Cl)cc3cc2CO)cc1. The van der Waals surface area contributed by atoms with Gasteiger partial charge in [0.1, 0.15) is 11.5 Å². The highest BCUT2D eigenvalue weighted by Gasteiger charge is 2.22. The lowest BCUT2D eigenvalue weighted by atomic mass is 10.0. The first kappa shape index (κ1) is 23.8. The predicted molar refractivity (Wildman–Crippen MR) is 143 cm³/mol. The van der Waals surface area contributed by atoms with Crippen LogP contribution in [0.15, 0.2) is 83.6 Å². The molecule has 2 heterocycles. The molecule has 0 spiro atoms. The van der Waals surface area contributed by atoms with E-state index >= 15 is 0 Å². The van der Waals surface area contributed by atoms with E-state index in [9.17, 15) is 20.1 Å². The van der Waals surface area contributed by atoms with Crippen LogP contribution >= 0.6 is 22.9 Å². The number of hydrogen-bond donors (Lipinski definition) is 3. The molecule has 2 aromatic heterocycles. The Bertz CT molecular complexity index is 1550. The number of phenols is 2. The van der Waals surface area contributed by atoms with Crippen molar-refractivity contribution in [3.63, 3.8) is 0 Å². The van der Waals surface area contributed by atoms with Gasteiger partial charge >= 0.3 is 0 Å². The Labute approximate surface area is 216 Å². The molecule has 180 valence electrons. The number of benzene rings is 3. The molecule has 0 saturated heterocycles. The van der Waals surface area contributed by atoms with Gasteiger partial charge in [-0.15, -0.1) is 0 Å². The van der Waals surface area contributed by atoms with Crippen LogP contribution in [-0.4, -0.2) is 26.2 Å². The molecule has 0 bridgehead atoms. The van der Waals surface area contributed by atoms with Crippen molar-refractivity contribution in [2.45, 2.75) is 13.2 Å². The number of thiophene rings is 1. The van der Waals surface area contributed by atoms with Gasteiger partial charge in [-0.2, -0.15) is 11.3 Å². The van der Waals surface area contributed by atoms with E-state index in [-0.39, 0.29) is 23.7 Å². The first-order valence-electron chi connectivity index (χ1n) is 11.1. The number of pyridine rings is 1. The average Bonchev–Trinajstić information content (AvgIpc) is 3.39. The highest BCUT2D eigenvalue weighted by Crippen LogP contribution is 2.31. The van der Waals surface area contributed by atoms with Crippen molar-refractivity contribution >= 4 is 45.4 Å². The van der Waals surface area contributed by atoms with Gasteiger partial charge in [0, 0.05) is 33.3 Å². The van der Waals surface area contributed by atoms with E-state index in [0.29, 0.717) is 28.5 Å². The number of halogens is 1. The number of aromatic nitrogens is 1. The molecule has 0 saturated carbocycles. The number of carbonyl (C=O) groups is 1. The summed E-state index contributed by atoms with van der Waals surface area (Å²) >= 11 is 7.64. The zero-order chi connectivity index (χ0) is 25.2. The van der Waals surface area contributed by atoms with Crippen LogP contribution in [0.2, 0.25) is 5.02 Å². The molecule has 0 aliphatic carbocycles. The Hall–Kier alpha value is -3.91. The fourth-order valence-electron chi connectivity index (χ4n) is 4.05. The molecule has 0 fully saturated rings. The van der Waals surface area contributed by atoms with Crippen molar-refractivity contribution in [3.05, 3.63) is 105 Å². The van der Waals surface area contributed by atoms with Crippen LogP contribution in [0.4, 0.5) is 5.69 Å². The van der Waals surface area contributed by atoms with E-state index in [0.717, 1.165) is 28.1 Å². The summed E-state index contributed by atoms with van der Waals surface area (Å²) in [5, 5.41) is 35.2. The fourth-order valence-corrected chi connectivity index (χ4v) is 4.89. The molecule has 5 rings (SSSR count). The third kappa shape index (κ3) is 4.77. The third-order valence-electron chi connectivity index (χ3n) is 5.86. The molecule has 3 N–H and O–H groups in total. The van der Waals surface area contributed by atoms with Gasteiger partial charge in [-0.25, -0.2) is 4.98 Å². The van der Waals surface area contributed by atoms with Crippen LogP contribution in [0.5, 0.6) is 11.5 Å². The van der Waals surface area contributed by atoms with Gasteiger partial charge < -0.3 is 20.2 Å². The monoisotopic (exact) mass is 516 g/mol. The number of nitrogens with zero attached hydrogens (tertiary/aromatic N) is 2. The highest BCUT2D eigenvalue weighted by atomic mass is 35.5. The number of hydrogen-bond acceptors (Lipinski definition) is 6. The molecule has 0 unspecified atom stereocenters. The zero-order valence-corrected chi connectivity index (χ0v) is 20.5. The van der Waals surface area contributed by atoms with Gasteiger partial charge in [-0.1, -0.05) is 23.7 Å². The summed E-state index contributed by atoms with van der Waals surface area (Å²) in [6, 6.07) is 20.5. The molecule has 0 aliphatic heterocycles. The molecule has 0 atom stereocenters. The number of anilines is 1. The standard InChI is InChI=1S/C28H21ClN2O4S/c29-21-3-8-25-19(12-21)11-20(15-32)27(30-25)18-1-4-22(5-2-18)31(14-17-9-10-36-16-17)28(35)24-7-6-23(33)13-26(24)34/h1-13,16,32-34H,14-15H2. The molecule has 3 aromatic carbocycles. The van der Waals surface area contributed by atoms with Crippen molar-refractivity contribution in [1.82, 2.24) is 4.98 Å². The molecular formula is C28H21ClN2O4S. The van der Waals surface area contributed by atoms with E-state index in [1.165, 1.54) is 23.5 Å². The molecule has 36 heavy (non-hydrogen) atoms. The number of aliphatic hydroxyl groups excluding tert-OH is 1. The van der Waals surface area contributed by atoms with Gasteiger partial charge in [0.05, 0.1) is 29.9 Å². The summed E-state index contributed by atoms with van der Waals surface area (Å²) in [7, 11) is 0. The maximum Gasteiger partial charge on any atom is 0.262 e. The molecule has 0 radical (unpaired) electrons. The molecule has 6 nitrogen and oxygen atoms in total. The van der Waals surface area contributed by atoms with Gasteiger partial charge in [-0.05, 0) is 70.9 Å². The second-order valence-corrected chi connectivity index (χ2v) is 9.48. The van der Waals surface area contributed by atoms with E-state index in [2.05, 4.69) is 0 Å². The van der Waals surface area contributed by atoms with E-state index in [1.807, 2.05) is 59.3 Å². The maximum atomic E-state index is 13.5. The molecule has 8 heteroatoms. The summed E-state index contributed by atoms with van der Waals surface area (Å²) in [5.41, 5.74) is 4.52. The summed E-state index contributed by atoms with van der Waals surface area (Å²) in [6.07, 6.45) is 0. The maximum absolute atomic E-state index is 13.5. The van der Waals surface area contributed by atoms with Crippen molar-refractivity contribution in [1.29, 1.82) is 0 Å². The second-order valence-electron chi connectivity index (χ2n) is 8.26. The fraction of sp³-hybridized carbons (Fsp3) is 0.0714. The lowest BCUT2D eigenvalue weighted by Gasteiger charge is -2.23. The lowest BCUT2D eigenvalue weighted by Crippen LogP contribution is -2.30. The first-order chi connectivity index (χ1) is 17.4. The number of carbonyl (C=O) groups excluding carboxylic acids is 1. The summed E-state index contributed by atoms with van der Waals surface area (Å²) in [4.78, 5) is 19.8. The zero-order valence-electron chi connectivity index (χ0n) is 18.9. The third-order valence-corrected chi connectivity index (χ3v) is 6.82. The van der Waals surface area contributed by atoms with Crippen LogP contribution in [0.3, 0.4) is 0 Å². The minimum absolute atomic E-state index is 0.0875. The van der Waals surface area contributed by atoms with E-state index < -0.39 is 5.91 Å². The average molecular weight is 517 g/mol. The lowest BCUT2D eigenvalue weighted by molar-refractivity contribution is 0.0982. The van der Waals surface area contributed by atoms with E-state index in [4.69, 9.17) is 16.6 Å². The van der Waals surface area contributed by atoms with Crippen molar-refractivity contribution in [2.24, 2.45) is 0 Å². The molecule has 5 aromatic rings. The Morgan fingerprint density at radius 3 is 2.47 bits per heavy atom. The molecule has 1 amide bonds. The second kappa shape index (κ2) is 9.99. The van der Waals surface area contributed by atoms with Crippen LogP contribution in [0.25, 0.3) is 22.2 Å². The Morgan fingerprint density at radius 1 is 0.972 bits per heavy atom. The smallest absolute Gasteiger partial charge is 0.262 e. The van der Waals surface area contributed by atoms with Crippen LogP contribution in [-0.2, 0) is 13.2 Å². The highest BCUT2D eigenvalue weighted by molar-refractivity contribution is 7.07. The largest absolute Gasteiger partial charge is 0.508 e. The number of rotatable bonds is 6. The van der Waals surface area contributed by atoms with Gasteiger partial charge in [0.15, 0.2) is 0 Å². The number of amides is 1. The van der Waals surface area contributed by atoms with Crippen LogP contribution in [0, 0.1) is 0 Å². The topological polar surface area (TPSA) is 93.9 Å². The predicted octanol–water partition coefficient (Wildman–Crippen LogP) is 6.37. The summed E-state index contributed by atoms with van der Waals surface area (Å²) in [6.45, 7) is 0.119. The quantitative estimate of drug-likeness (QED) is 0.244. The van der Waals surface area contributed by atoms with Crippen LogP contribution in [0.1, 0.15) is 21.5 Å². The number of aromatic hydroxyl groups is 2. The normalized spacial score (nSPS) is 11.1. The summed E-state index contributed by atoms with van der Waals surface area (Å²) in [5.74, 6) is -0.814. The van der Waals surface area contributed by atoms with Crippen LogP contribution < -0.4 is 4.90 Å². The van der Waals surface area contributed by atoms with Crippen molar-refractivity contribution in [3.8, 4) is 22.8 Å². The van der Waals surface area contributed by atoms with Gasteiger partial charge in [-0.3, -0.25) is 4.79 Å².